The van der Waals surface area contributed by atoms with Crippen LogP contribution < -0.4 is 0 Å². The van der Waals surface area contributed by atoms with Crippen molar-refractivity contribution in [2.24, 2.45) is 0 Å². The van der Waals surface area contributed by atoms with Crippen LogP contribution in [0.3, 0.4) is 0 Å². The molecule has 1 aliphatic rings. The van der Waals surface area contributed by atoms with Gasteiger partial charge in [-0.3, -0.25) is 0 Å². The lowest BCUT2D eigenvalue weighted by Crippen LogP contribution is -1.90. The largest absolute Gasteiger partial charge is 0.345 e. The summed E-state index contributed by atoms with van der Waals surface area (Å²) in [4.78, 5) is 0. The molecule has 0 aromatic carbocycles. The van der Waals surface area contributed by atoms with E-state index in [1.54, 1.807) is 5.06 Å². The van der Waals surface area contributed by atoms with Gasteiger partial charge in [-0.2, -0.15) is 5.06 Å². The van der Waals surface area contributed by atoms with Crippen LogP contribution in [0.4, 0.5) is 0 Å². The highest BCUT2D eigenvalue weighted by Gasteiger charge is 2.14. The normalized spacial score (nSPS) is 23.4. The predicted molar refractivity (Wildman–Crippen MR) is 18.4 cm³/mol. The first-order valence-corrected chi connectivity index (χ1v) is 1.93. The average molecular weight is 86.1 g/mol. The van der Waals surface area contributed by atoms with Gasteiger partial charge < -0.3 is 4.53 Å². The molecule has 1 rings (SSSR count). The van der Waals surface area contributed by atoms with Gasteiger partial charge >= 0.3 is 0 Å². The highest BCUT2D eigenvalue weighted by Crippen LogP contribution is 1.98. The molecule has 0 aromatic heterocycles. The second-order valence-corrected chi connectivity index (χ2v) is 1.20. The molecule has 3 heteroatoms. The first-order chi connectivity index (χ1) is 2.43. The Balaban J connectivity index is 2.00. The molecular weight excluding hydrogens is 82.1 g/mol. The van der Waals surface area contributed by atoms with E-state index in [4.69, 9.17) is 0 Å². The topological polar surface area (TPSA) is 12.2 Å². The summed E-state index contributed by atoms with van der Waals surface area (Å²) in [6, 6.07) is 0. The van der Waals surface area contributed by atoms with Crippen LogP contribution in [0, 0.1) is 0 Å². The van der Waals surface area contributed by atoms with Crippen LogP contribution in [0.2, 0.25) is 0 Å². The van der Waals surface area contributed by atoms with Crippen molar-refractivity contribution in [1.82, 2.24) is 5.06 Å². The van der Waals surface area contributed by atoms with Crippen molar-refractivity contribution in [3.63, 3.8) is 0 Å². The van der Waals surface area contributed by atoms with Crippen LogP contribution in [0.15, 0.2) is 0 Å². The van der Waals surface area contributed by atoms with E-state index in [0.717, 1.165) is 13.1 Å². The minimum atomic E-state index is 1.07. The molecule has 0 bridgehead atoms. The maximum Gasteiger partial charge on any atom is 0.281 e. The standard InChI is InChI=1S/C2H4NOSi/c5-4-3-1-2-3/h1-2H2. The van der Waals surface area contributed by atoms with Crippen molar-refractivity contribution in [2.45, 2.75) is 0 Å². The molecule has 0 atom stereocenters. The van der Waals surface area contributed by atoms with Gasteiger partial charge in [-0.05, 0) is 0 Å². The van der Waals surface area contributed by atoms with Gasteiger partial charge in [0.05, 0.1) is 0 Å². The summed E-state index contributed by atoms with van der Waals surface area (Å²) in [6.45, 7) is 2.15. The minimum absolute atomic E-state index is 1.07. The van der Waals surface area contributed by atoms with Gasteiger partial charge in [0.15, 0.2) is 0 Å². The summed E-state index contributed by atoms with van der Waals surface area (Å²) in [5.41, 5.74) is 0. The van der Waals surface area contributed by atoms with Crippen molar-refractivity contribution in [2.75, 3.05) is 13.1 Å². The molecule has 0 N–H and O–H groups in total. The summed E-state index contributed by atoms with van der Waals surface area (Å²) >= 11 is 0. The molecule has 1 fully saturated rings. The molecule has 0 saturated carbocycles. The van der Waals surface area contributed by atoms with Gasteiger partial charge in [0.25, 0.3) is 10.5 Å². The molecule has 27 valence electrons. The van der Waals surface area contributed by atoms with Gasteiger partial charge in [-0.25, -0.2) is 0 Å². The maximum atomic E-state index is 4.50. The third kappa shape index (κ3) is 0.716. The van der Waals surface area contributed by atoms with Gasteiger partial charge in [-0.1, -0.05) is 0 Å². The molecule has 2 nitrogen and oxygen atoms in total. The fraction of sp³-hybridized carbons (Fsp3) is 1.00. The number of nitrogens with zero attached hydrogens (tertiary/aromatic N) is 1. The second-order valence-electron chi connectivity index (χ2n) is 1.02. The van der Waals surface area contributed by atoms with E-state index in [2.05, 4.69) is 15.0 Å². The van der Waals surface area contributed by atoms with Gasteiger partial charge in [0.1, 0.15) is 0 Å². The predicted octanol–water partition coefficient (Wildman–Crippen LogP) is -0.683. The molecule has 1 saturated heterocycles. The fourth-order valence-corrected chi connectivity index (χ4v) is 0.315. The molecule has 1 aliphatic heterocycles. The Morgan fingerprint density at radius 1 is 1.60 bits per heavy atom. The fourth-order valence-electron chi connectivity index (χ4n) is 0.132. The lowest BCUT2D eigenvalue weighted by atomic mass is 11.0. The molecule has 0 spiro atoms. The Kier molecular flexibility index (Phi) is 0.720. The molecule has 3 radical (unpaired) electrons. The van der Waals surface area contributed by atoms with E-state index in [1.807, 2.05) is 0 Å². The van der Waals surface area contributed by atoms with Crippen LogP contribution >= 0.6 is 0 Å². The third-order valence-electron chi connectivity index (χ3n) is 0.535. The number of hydrogen-bond donors (Lipinski definition) is 0. The van der Waals surface area contributed by atoms with Crippen LogP contribution in [0.5, 0.6) is 0 Å². The molecule has 0 unspecified atom stereocenters. The Bertz CT molecular complexity index is 36.6. The molecular formula is C2H4NOSi. The summed E-state index contributed by atoms with van der Waals surface area (Å²) < 4.78 is 4.50. The zero-order chi connectivity index (χ0) is 3.70. The van der Waals surface area contributed by atoms with Crippen LogP contribution in [-0.2, 0) is 4.53 Å². The van der Waals surface area contributed by atoms with Crippen molar-refractivity contribution >= 4 is 10.5 Å². The monoisotopic (exact) mass is 86.0 g/mol. The number of hydrogen-bond acceptors (Lipinski definition) is 2. The van der Waals surface area contributed by atoms with Crippen LogP contribution in [0.25, 0.3) is 0 Å². The van der Waals surface area contributed by atoms with E-state index >= 15 is 0 Å². The lowest BCUT2D eigenvalue weighted by molar-refractivity contribution is 0.0835. The SMILES string of the molecule is [Si]ON1CC1. The van der Waals surface area contributed by atoms with Crippen molar-refractivity contribution in [1.29, 1.82) is 0 Å². The zero-order valence-electron chi connectivity index (χ0n) is 2.77. The van der Waals surface area contributed by atoms with Crippen molar-refractivity contribution in [3.05, 3.63) is 0 Å². The van der Waals surface area contributed by atoms with E-state index in [-0.39, 0.29) is 0 Å². The Hall–Kier alpha value is 0.137. The molecule has 1 heterocycles. The Labute approximate surface area is 34.2 Å². The maximum absolute atomic E-state index is 4.50. The zero-order valence-corrected chi connectivity index (χ0v) is 3.77. The summed E-state index contributed by atoms with van der Waals surface area (Å²) in [5, 5.41) is 1.79. The van der Waals surface area contributed by atoms with E-state index < -0.39 is 0 Å². The van der Waals surface area contributed by atoms with Gasteiger partial charge in [0.2, 0.25) is 0 Å². The van der Waals surface area contributed by atoms with Crippen LogP contribution in [0.1, 0.15) is 0 Å². The average Bonchev–Trinajstić information content (AvgIpc) is 2.12. The van der Waals surface area contributed by atoms with E-state index in [9.17, 15) is 0 Å². The molecule has 5 heavy (non-hydrogen) atoms. The second kappa shape index (κ2) is 1.08. The quantitative estimate of drug-likeness (QED) is 0.309. The summed E-state index contributed by atoms with van der Waals surface area (Å²) in [7, 11) is 2.84. The summed E-state index contributed by atoms with van der Waals surface area (Å²) in [6.07, 6.45) is 0. The molecule has 0 amide bonds. The van der Waals surface area contributed by atoms with E-state index in [0.29, 0.717) is 0 Å². The van der Waals surface area contributed by atoms with Crippen molar-refractivity contribution < 1.29 is 4.53 Å². The first-order valence-electron chi connectivity index (χ1n) is 1.52. The number of hydroxylamine groups is 2. The third-order valence-corrected chi connectivity index (χ3v) is 0.793. The highest BCUT2D eigenvalue weighted by atomic mass is 28.2. The first kappa shape index (κ1) is 3.33. The Morgan fingerprint density at radius 2 is 2.20 bits per heavy atom. The molecule has 0 aromatic rings. The van der Waals surface area contributed by atoms with E-state index in [1.165, 1.54) is 0 Å². The highest BCUT2D eigenvalue weighted by molar-refractivity contribution is 5.97. The Morgan fingerprint density at radius 3 is 2.20 bits per heavy atom. The van der Waals surface area contributed by atoms with Gasteiger partial charge in [-0.15, -0.1) is 0 Å². The van der Waals surface area contributed by atoms with Gasteiger partial charge in [0, 0.05) is 13.1 Å². The van der Waals surface area contributed by atoms with Crippen LogP contribution in [-0.4, -0.2) is 28.6 Å². The van der Waals surface area contributed by atoms with Crippen molar-refractivity contribution in [3.8, 4) is 0 Å². The molecule has 0 aliphatic carbocycles. The lowest BCUT2D eigenvalue weighted by Gasteiger charge is -1.85. The smallest absolute Gasteiger partial charge is 0.281 e. The minimum Gasteiger partial charge on any atom is -0.345 e. The summed E-state index contributed by atoms with van der Waals surface area (Å²) in [5.74, 6) is 0. The number of rotatable bonds is 1.